The lowest BCUT2D eigenvalue weighted by Gasteiger charge is -2.30. The zero-order chi connectivity index (χ0) is 17.7. The van der Waals surface area contributed by atoms with E-state index in [9.17, 15) is 4.79 Å². The Bertz CT molecular complexity index is 630. The van der Waals surface area contributed by atoms with Crippen molar-refractivity contribution >= 4 is 23.5 Å². The summed E-state index contributed by atoms with van der Waals surface area (Å²) < 4.78 is 5.27. The summed E-state index contributed by atoms with van der Waals surface area (Å²) in [4.78, 5) is 19.9. The summed E-state index contributed by atoms with van der Waals surface area (Å²) in [5, 5.41) is 15.1. The Morgan fingerprint density at radius 3 is 2.50 bits per heavy atom. The van der Waals surface area contributed by atoms with Gasteiger partial charge in [0.05, 0.1) is 6.20 Å². The average Bonchev–Trinajstić information content (AvgIpc) is 2.47. The Labute approximate surface area is 146 Å². The van der Waals surface area contributed by atoms with Gasteiger partial charge < -0.3 is 15.4 Å². The van der Waals surface area contributed by atoms with Crippen LogP contribution < -0.4 is 10.6 Å². The summed E-state index contributed by atoms with van der Waals surface area (Å²) >= 11 is 5.88. The van der Waals surface area contributed by atoms with Gasteiger partial charge in [0.2, 0.25) is 0 Å². The second-order valence-electron chi connectivity index (χ2n) is 6.85. The molecule has 7 nitrogen and oxygen atoms in total. The van der Waals surface area contributed by atoms with E-state index in [1.54, 1.807) is 0 Å². The molecule has 0 atom stereocenters. The molecule has 1 aliphatic carbocycles. The number of ether oxygens (including phenoxy) is 1. The number of carbonyl (C=O) groups is 1. The molecule has 24 heavy (non-hydrogen) atoms. The highest BCUT2D eigenvalue weighted by Crippen LogP contribution is 2.23. The first kappa shape index (κ1) is 18.3. The largest absolute Gasteiger partial charge is 0.444 e. The molecule has 1 aromatic heterocycles. The van der Waals surface area contributed by atoms with Crippen LogP contribution in [0.2, 0.25) is 5.15 Å². The van der Waals surface area contributed by atoms with Gasteiger partial charge in [-0.1, -0.05) is 11.6 Å². The molecule has 1 amide bonds. The van der Waals surface area contributed by atoms with Crippen LogP contribution in [0.15, 0.2) is 6.20 Å². The SMILES string of the molecule is CC(C)(C)OC(=O)NC1CCC(Nc2cnc(C#N)c(Cl)n2)CC1. The molecule has 2 rings (SSSR count). The van der Waals surface area contributed by atoms with Crippen molar-refractivity contribution in [3.63, 3.8) is 0 Å². The summed E-state index contributed by atoms with van der Waals surface area (Å²) in [6.45, 7) is 5.53. The van der Waals surface area contributed by atoms with Gasteiger partial charge in [0, 0.05) is 12.1 Å². The van der Waals surface area contributed by atoms with Crippen LogP contribution in [0.3, 0.4) is 0 Å². The highest BCUT2D eigenvalue weighted by molar-refractivity contribution is 6.30. The third kappa shape index (κ3) is 5.53. The zero-order valence-electron chi connectivity index (χ0n) is 14.1. The van der Waals surface area contributed by atoms with Crippen molar-refractivity contribution in [3.8, 4) is 6.07 Å². The van der Waals surface area contributed by atoms with E-state index in [4.69, 9.17) is 21.6 Å². The topological polar surface area (TPSA) is 99.9 Å². The van der Waals surface area contributed by atoms with Crippen molar-refractivity contribution < 1.29 is 9.53 Å². The minimum absolute atomic E-state index is 0.0998. The Kier molecular flexibility index (Phi) is 5.84. The fourth-order valence-corrected chi connectivity index (χ4v) is 2.76. The first-order chi connectivity index (χ1) is 11.3. The molecule has 0 saturated heterocycles. The van der Waals surface area contributed by atoms with Gasteiger partial charge in [-0.05, 0) is 46.5 Å². The highest BCUT2D eigenvalue weighted by Gasteiger charge is 2.25. The van der Waals surface area contributed by atoms with Crippen LogP contribution in [-0.4, -0.2) is 33.7 Å². The summed E-state index contributed by atoms with van der Waals surface area (Å²) in [5.41, 5.74) is -0.372. The number of nitriles is 1. The second-order valence-corrected chi connectivity index (χ2v) is 7.20. The number of nitrogens with one attached hydrogen (secondary N) is 2. The number of rotatable bonds is 3. The Morgan fingerprint density at radius 2 is 1.96 bits per heavy atom. The maximum absolute atomic E-state index is 11.8. The van der Waals surface area contributed by atoms with Crippen LogP contribution in [0.4, 0.5) is 10.6 Å². The lowest BCUT2D eigenvalue weighted by atomic mass is 9.91. The highest BCUT2D eigenvalue weighted by atomic mass is 35.5. The average molecular weight is 352 g/mol. The predicted molar refractivity (Wildman–Crippen MR) is 90.8 cm³/mol. The van der Waals surface area contributed by atoms with Gasteiger partial charge in [-0.25, -0.2) is 14.8 Å². The van der Waals surface area contributed by atoms with Gasteiger partial charge in [0.1, 0.15) is 17.5 Å². The third-order valence-electron chi connectivity index (χ3n) is 3.64. The van der Waals surface area contributed by atoms with Crippen LogP contribution >= 0.6 is 11.6 Å². The molecular formula is C16H22ClN5O2. The van der Waals surface area contributed by atoms with Gasteiger partial charge in [-0.3, -0.25) is 0 Å². The molecular weight excluding hydrogens is 330 g/mol. The van der Waals surface area contributed by atoms with Crippen LogP contribution in [0.1, 0.15) is 52.1 Å². The fourth-order valence-electron chi connectivity index (χ4n) is 2.58. The van der Waals surface area contributed by atoms with Crippen molar-refractivity contribution in [1.29, 1.82) is 5.26 Å². The molecule has 1 fully saturated rings. The van der Waals surface area contributed by atoms with Crippen molar-refractivity contribution in [3.05, 3.63) is 17.0 Å². The quantitative estimate of drug-likeness (QED) is 0.867. The van der Waals surface area contributed by atoms with Crippen molar-refractivity contribution in [2.45, 2.75) is 64.1 Å². The molecule has 0 radical (unpaired) electrons. The first-order valence-electron chi connectivity index (χ1n) is 7.95. The Balaban J connectivity index is 1.80. The number of amides is 1. The summed E-state index contributed by atoms with van der Waals surface area (Å²) in [6.07, 6.45) is 4.63. The van der Waals surface area contributed by atoms with Crippen molar-refractivity contribution in [1.82, 2.24) is 15.3 Å². The van der Waals surface area contributed by atoms with E-state index in [0.717, 1.165) is 25.7 Å². The molecule has 2 N–H and O–H groups in total. The van der Waals surface area contributed by atoms with Crippen LogP contribution in [-0.2, 0) is 4.74 Å². The van der Waals surface area contributed by atoms with Crippen molar-refractivity contribution in [2.24, 2.45) is 0 Å². The van der Waals surface area contributed by atoms with Gasteiger partial charge in [0.15, 0.2) is 10.8 Å². The number of hydrogen-bond donors (Lipinski definition) is 2. The number of aromatic nitrogens is 2. The van der Waals surface area contributed by atoms with Gasteiger partial charge >= 0.3 is 6.09 Å². The van der Waals surface area contributed by atoms with E-state index in [1.165, 1.54) is 6.20 Å². The van der Waals surface area contributed by atoms with Crippen LogP contribution in [0, 0.1) is 11.3 Å². The summed E-state index contributed by atoms with van der Waals surface area (Å²) in [7, 11) is 0. The maximum Gasteiger partial charge on any atom is 0.407 e. The van der Waals surface area contributed by atoms with E-state index in [2.05, 4.69) is 20.6 Å². The van der Waals surface area contributed by atoms with Crippen molar-refractivity contribution in [2.75, 3.05) is 5.32 Å². The Morgan fingerprint density at radius 1 is 1.33 bits per heavy atom. The van der Waals surface area contributed by atoms with E-state index in [1.807, 2.05) is 26.8 Å². The Hall–Kier alpha value is -2.07. The molecule has 0 bridgehead atoms. The summed E-state index contributed by atoms with van der Waals surface area (Å²) in [6, 6.07) is 2.24. The number of halogens is 1. The monoisotopic (exact) mass is 351 g/mol. The lowest BCUT2D eigenvalue weighted by Crippen LogP contribution is -2.42. The lowest BCUT2D eigenvalue weighted by molar-refractivity contribution is 0.0492. The molecule has 0 aromatic carbocycles. The summed E-state index contributed by atoms with van der Waals surface area (Å²) in [5.74, 6) is 0.558. The van der Waals surface area contributed by atoms with Crippen LogP contribution in [0.25, 0.3) is 0 Å². The maximum atomic E-state index is 11.8. The molecule has 130 valence electrons. The molecule has 0 unspecified atom stereocenters. The van der Waals surface area contributed by atoms with Gasteiger partial charge in [-0.15, -0.1) is 0 Å². The number of hydrogen-bond acceptors (Lipinski definition) is 6. The molecule has 0 spiro atoms. The van der Waals surface area contributed by atoms with Crippen LogP contribution in [0.5, 0.6) is 0 Å². The first-order valence-corrected chi connectivity index (χ1v) is 8.33. The predicted octanol–water partition coefficient (Wildman–Crippen LogP) is 3.25. The smallest absolute Gasteiger partial charge is 0.407 e. The molecule has 8 heteroatoms. The van der Waals surface area contributed by atoms with E-state index in [0.29, 0.717) is 5.82 Å². The minimum atomic E-state index is -0.490. The molecule has 1 heterocycles. The number of carbonyl (C=O) groups excluding carboxylic acids is 1. The third-order valence-corrected chi connectivity index (χ3v) is 3.90. The number of alkyl carbamates (subject to hydrolysis) is 1. The molecule has 1 aliphatic rings. The second kappa shape index (κ2) is 7.67. The molecule has 1 aromatic rings. The minimum Gasteiger partial charge on any atom is -0.444 e. The zero-order valence-corrected chi connectivity index (χ0v) is 14.9. The van der Waals surface area contributed by atoms with Gasteiger partial charge in [0.25, 0.3) is 0 Å². The van der Waals surface area contributed by atoms with E-state index < -0.39 is 5.60 Å². The normalized spacial score (nSPS) is 20.8. The standard InChI is InChI=1S/C16H22ClN5O2/c1-16(2,3)24-15(23)21-11-6-4-10(5-7-11)20-13-9-19-12(8-18)14(17)22-13/h9-11H,4-7H2,1-3H3,(H,20,22)(H,21,23). The molecule has 0 aliphatic heterocycles. The van der Waals surface area contributed by atoms with E-state index >= 15 is 0 Å². The number of anilines is 1. The molecule has 1 saturated carbocycles. The number of nitrogens with zero attached hydrogens (tertiary/aromatic N) is 3. The van der Waals surface area contributed by atoms with Gasteiger partial charge in [-0.2, -0.15) is 5.26 Å². The fraction of sp³-hybridized carbons (Fsp3) is 0.625. The van der Waals surface area contributed by atoms with E-state index in [-0.39, 0.29) is 29.0 Å².